The number of hydrogen-bond acceptors (Lipinski definition) is 3. The van der Waals surface area contributed by atoms with Crippen molar-refractivity contribution in [1.82, 2.24) is 10.6 Å². The molecule has 2 N–H and O–H groups in total. The van der Waals surface area contributed by atoms with Gasteiger partial charge in [0.25, 0.3) is 0 Å². The molecule has 0 spiro atoms. The predicted octanol–water partition coefficient (Wildman–Crippen LogP) is 2.80. The maximum atomic E-state index is 12.8. The first-order chi connectivity index (χ1) is 9.07. The van der Waals surface area contributed by atoms with Crippen LogP contribution in [0.4, 0.5) is 13.2 Å². The summed E-state index contributed by atoms with van der Waals surface area (Å²) in [6.45, 7) is 2.04. The molecule has 1 aliphatic heterocycles. The Balaban J connectivity index is 0.00000200. The van der Waals surface area contributed by atoms with E-state index in [-0.39, 0.29) is 24.0 Å². The third-order valence-corrected chi connectivity index (χ3v) is 2.91. The fourth-order valence-corrected chi connectivity index (χ4v) is 1.98. The van der Waals surface area contributed by atoms with Crippen LogP contribution in [-0.4, -0.2) is 25.6 Å². The number of guanidine groups is 1. The van der Waals surface area contributed by atoms with Crippen LogP contribution in [0.15, 0.2) is 29.3 Å². The SMILES string of the molecule is FC(F)(F)c1ccccc1CCNC1=NCCCN1.I. The number of alkyl halides is 3. The smallest absolute Gasteiger partial charge is 0.356 e. The van der Waals surface area contributed by atoms with Crippen molar-refractivity contribution in [2.24, 2.45) is 4.99 Å². The summed E-state index contributed by atoms with van der Waals surface area (Å²) in [6, 6.07) is 5.67. The van der Waals surface area contributed by atoms with Crippen LogP contribution in [0.1, 0.15) is 17.5 Å². The number of benzene rings is 1. The maximum absolute atomic E-state index is 12.8. The Hall–Kier alpha value is -0.990. The molecule has 1 heterocycles. The van der Waals surface area contributed by atoms with Crippen LogP contribution in [-0.2, 0) is 12.6 Å². The summed E-state index contributed by atoms with van der Waals surface area (Å²) >= 11 is 0. The average molecular weight is 399 g/mol. The van der Waals surface area contributed by atoms with E-state index in [0.29, 0.717) is 24.5 Å². The number of nitrogens with one attached hydrogen (secondary N) is 2. The Morgan fingerprint density at radius 3 is 2.65 bits per heavy atom. The second-order valence-corrected chi connectivity index (χ2v) is 4.34. The lowest BCUT2D eigenvalue weighted by Crippen LogP contribution is -2.41. The zero-order valence-corrected chi connectivity index (χ0v) is 13.2. The lowest BCUT2D eigenvalue weighted by molar-refractivity contribution is -0.138. The van der Waals surface area contributed by atoms with Crippen LogP contribution in [0.5, 0.6) is 0 Å². The standard InChI is InChI=1S/C13H16F3N3.HI/c14-13(15,16)11-5-2-1-4-10(11)6-9-19-12-17-7-3-8-18-12;/h1-2,4-5H,3,6-9H2,(H2,17,18,19);1H. The van der Waals surface area contributed by atoms with Gasteiger partial charge in [-0.15, -0.1) is 24.0 Å². The Morgan fingerprint density at radius 1 is 1.25 bits per heavy atom. The lowest BCUT2D eigenvalue weighted by Gasteiger charge is -2.17. The van der Waals surface area contributed by atoms with Crippen molar-refractivity contribution < 1.29 is 13.2 Å². The third kappa shape index (κ3) is 4.84. The normalized spacial score (nSPS) is 14.8. The first kappa shape index (κ1) is 17.1. The highest BCUT2D eigenvalue weighted by Gasteiger charge is 2.32. The van der Waals surface area contributed by atoms with E-state index in [0.717, 1.165) is 25.6 Å². The molecule has 1 aromatic rings. The fraction of sp³-hybridized carbons (Fsp3) is 0.462. The topological polar surface area (TPSA) is 36.4 Å². The van der Waals surface area contributed by atoms with Crippen molar-refractivity contribution in [3.63, 3.8) is 0 Å². The summed E-state index contributed by atoms with van der Waals surface area (Å²) in [7, 11) is 0. The van der Waals surface area contributed by atoms with E-state index in [9.17, 15) is 13.2 Å². The number of aliphatic imine (C=N–C) groups is 1. The first-order valence-corrected chi connectivity index (χ1v) is 6.24. The number of rotatable bonds is 3. The average Bonchev–Trinajstić information content (AvgIpc) is 2.39. The molecule has 0 unspecified atom stereocenters. The molecule has 1 aliphatic rings. The van der Waals surface area contributed by atoms with E-state index in [2.05, 4.69) is 15.6 Å². The van der Waals surface area contributed by atoms with Gasteiger partial charge in [0.1, 0.15) is 0 Å². The molecule has 0 aliphatic carbocycles. The quantitative estimate of drug-likeness (QED) is 0.768. The summed E-state index contributed by atoms with van der Waals surface area (Å²) in [6.07, 6.45) is -2.99. The molecule has 7 heteroatoms. The molecule has 0 saturated carbocycles. The zero-order valence-electron chi connectivity index (χ0n) is 10.8. The van der Waals surface area contributed by atoms with Gasteiger partial charge in [0.2, 0.25) is 0 Å². The molecule has 1 aromatic carbocycles. The molecule has 0 aromatic heterocycles. The molecule has 0 fully saturated rings. The van der Waals surface area contributed by atoms with E-state index < -0.39 is 11.7 Å². The minimum atomic E-state index is -4.29. The van der Waals surface area contributed by atoms with Crippen LogP contribution in [0, 0.1) is 0 Å². The van der Waals surface area contributed by atoms with Crippen molar-refractivity contribution in [3.05, 3.63) is 35.4 Å². The van der Waals surface area contributed by atoms with Gasteiger partial charge in [-0.25, -0.2) is 0 Å². The highest BCUT2D eigenvalue weighted by atomic mass is 127. The number of nitrogens with zero attached hydrogens (tertiary/aromatic N) is 1. The molecule has 0 radical (unpaired) electrons. The van der Waals surface area contributed by atoms with Gasteiger partial charge >= 0.3 is 6.18 Å². The summed E-state index contributed by atoms with van der Waals surface area (Å²) in [5, 5.41) is 6.09. The van der Waals surface area contributed by atoms with Gasteiger partial charge in [0.05, 0.1) is 5.56 Å². The van der Waals surface area contributed by atoms with Crippen LogP contribution < -0.4 is 10.6 Å². The maximum Gasteiger partial charge on any atom is 0.416 e. The van der Waals surface area contributed by atoms with Gasteiger partial charge < -0.3 is 10.6 Å². The first-order valence-electron chi connectivity index (χ1n) is 6.24. The molecule has 0 saturated heterocycles. The minimum absolute atomic E-state index is 0. The molecule has 3 nitrogen and oxygen atoms in total. The van der Waals surface area contributed by atoms with E-state index in [1.54, 1.807) is 6.07 Å². The van der Waals surface area contributed by atoms with Gasteiger partial charge in [-0.05, 0) is 24.5 Å². The third-order valence-electron chi connectivity index (χ3n) is 2.91. The van der Waals surface area contributed by atoms with Gasteiger partial charge in [-0.2, -0.15) is 13.2 Å². The van der Waals surface area contributed by atoms with Gasteiger partial charge in [0, 0.05) is 19.6 Å². The Labute approximate surface area is 133 Å². The van der Waals surface area contributed by atoms with E-state index in [1.165, 1.54) is 12.1 Å². The number of hydrogen-bond donors (Lipinski definition) is 2. The predicted molar refractivity (Wildman–Crippen MR) is 83.5 cm³/mol. The summed E-state index contributed by atoms with van der Waals surface area (Å²) < 4.78 is 38.3. The largest absolute Gasteiger partial charge is 0.416 e. The molecule has 2 rings (SSSR count). The Morgan fingerprint density at radius 2 is 2.00 bits per heavy atom. The second kappa shape index (κ2) is 7.70. The van der Waals surface area contributed by atoms with Crippen LogP contribution in [0.3, 0.4) is 0 Å². The van der Waals surface area contributed by atoms with Gasteiger partial charge in [0.15, 0.2) is 5.96 Å². The Kier molecular flexibility index (Phi) is 6.57. The van der Waals surface area contributed by atoms with Crippen molar-refractivity contribution in [2.75, 3.05) is 19.6 Å². The highest BCUT2D eigenvalue weighted by molar-refractivity contribution is 14.0. The zero-order chi connectivity index (χ0) is 13.7. The van der Waals surface area contributed by atoms with Crippen molar-refractivity contribution in [2.45, 2.75) is 19.0 Å². The van der Waals surface area contributed by atoms with Gasteiger partial charge in [-0.3, -0.25) is 4.99 Å². The van der Waals surface area contributed by atoms with Crippen LogP contribution in [0.25, 0.3) is 0 Å². The van der Waals surface area contributed by atoms with E-state index in [4.69, 9.17) is 0 Å². The second-order valence-electron chi connectivity index (χ2n) is 4.34. The molecule has 0 amide bonds. The summed E-state index contributed by atoms with van der Waals surface area (Å²) in [5.74, 6) is 0.677. The monoisotopic (exact) mass is 399 g/mol. The summed E-state index contributed by atoms with van der Waals surface area (Å²) in [4.78, 5) is 4.20. The molecular formula is C13H17F3IN3. The molecule has 112 valence electrons. The molecule has 0 atom stereocenters. The van der Waals surface area contributed by atoms with Crippen molar-refractivity contribution >= 4 is 29.9 Å². The molecule has 20 heavy (non-hydrogen) atoms. The van der Waals surface area contributed by atoms with Crippen LogP contribution in [0.2, 0.25) is 0 Å². The molecular weight excluding hydrogens is 382 g/mol. The fourth-order valence-electron chi connectivity index (χ4n) is 1.98. The highest BCUT2D eigenvalue weighted by Crippen LogP contribution is 2.31. The molecule has 0 bridgehead atoms. The summed E-state index contributed by atoms with van der Waals surface area (Å²) in [5.41, 5.74) is -0.255. The van der Waals surface area contributed by atoms with Gasteiger partial charge in [-0.1, -0.05) is 18.2 Å². The van der Waals surface area contributed by atoms with Crippen molar-refractivity contribution in [1.29, 1.82) is 0 Å². The lowest BCUT2D eigenvalue weighted by atomic mass is 10.0. The van der Waals surface area contributed by atoms with Crippen molar-refractivity contribution in [3.8, 4) is 0 Å². The van der Waals surface area contributed by atoms with Crippen LogP contribution >= 0.6 is 24.0 Å². The van der Waals surface area contributed by atoms with E-state index in [1.807, 2.05) is 0 Å². The number of halogens is 4. The van der Waals surface area contributed by atoms with E-state index >= 15 is 0 Å². The minimum Gasteiger partial charge on any atom is -0.356 e. The Bertz CT molecular complexity index is 460.